The molecular weight excluding hydrogens is 447 g/mol. The molecule has 0 radical (unpaired) electrons. The van der Waals surface area contributed by atoms with E-state index in [4.69, 9.17) is 17.3 Å². The molecule has 1 heterocycles. The van der Waals surface area contributed by atoms with E-state index in [0.29, 0.717) is 11.9 Å². The van der Waals surface area contributed by atoms with Crippen molar-refractivity contribution in [2.24, 2.45) is 16.6 Å². The number of para-hydroxylation sites is 1. The molecule has 1 unspecified atom stereocenters. The van der Waals surface area contributed by atoms with Crippen LogP contribution in [0, 0.1) is 12.8 Å². The molecule has 6 heteroatoms. The average molecular weight is 471 g/mol. The summed E-state index contributed by atoms with van der Waals surface area (Å²) in [6, 6.07) is 15.9. The van der Waals surface area contributed by atoms with Crippen LogP contribution in [0.4, 0.5) is 11.4 Å². The van der Waals surface area contributed by atoms with Crippen LogP contribution in [0.5, 0.6) is 0 Å². The summed E-state index contributed by atoms with van der Waals surface area (Å²) in [6.07, 6.45) is 1.12. The van der Waals surface area contributed by atoms with Crippen molar-refractivity contribution < 1.29 is 0 Å². The van der Waals surface area contributed by atoms with Crippen molar-refractivity contribution >= 4 is 52.9 Å². The standard InChI is InChI=1S/C19H23ClN4.HI/c1-14-7-8-16(20)11-18(14)24-10-9-15(13-24)12-22-19(21)23-17-5-3-2-4-6-17;/h2-8,11,15H,9-10,12-13H2,1H3,(H3,21,22,23);1H. The molecular formula is C19H24ClIN4. The van der Waals surface area contributed by atoms with Crippen LogP contribution < -0.4 is 16.0 Å². The van der Waals surface area contributed by atoms with Crippen molar-refractivity contribution in [3.63, 3.8) is 0 Å². The summed E-state index contributed by atoms with van der Waals surface area (Å²) < 4.78 is 0. The molecule has 1 atom stereocenters. The van der Waals surface area contributed by atoms with Gasteiger partial charge in [0.15, 0.2) is 5.96 Å². The van der Waals surface area contributed by atoms with Gasteiger partial charge in [0.25, 0.3) is 0 Å². The van der Waals surface area contributed by atoms with E-state index >= 15 is 0 Å². The molecule has 1 fully saturated rings. The minimum atomic E-state index is 0. The Morgan fingerprint density at radius 2 is 2.04 bits per heavy atom. The molecule has 0 spiro atoms. The van der Waals surface area contributed by atoms with Gasteiger partial charge in [-0.15, -0.1) is 24.0 Å². The maximum absolute atomic E-state index is 6.14. The van der Waals surface area contributed by atoms with Crippen molar-refractivity contribution in [1.29, 1.82) is 0 Å². The minimum absolute atomic E-state index is 0. The molecule has 1 saturated heterocycles. The summed E-state index contributed by atoms with van der Waals surface area (Å²) in [7, 11) is 0. The van der Waals surface area contributed by atoms with E-state index in [1.807, 2.05) is 42.5 Å². The minimum Gasteiger partial charge on any atom is -0.371 e. The molecule has 1 aliphatic heterocycles. The van der Waals surface area contributed by atoms with Gasteiger partial charge < -0.3 is 16.0 Å². The van der Waals surface area contributed by atoms with E-state index in [-0.39, 0.29) is 24.0 Å². The molecule has 0 bridgehead atoms. The van der Waals surface area contributed by atoms with Crippen molar-refractivity contribution in [3.05, 3.63) is 59.1 Å². The first-order valence-corrected chi connectivity index (χ1v) is 8.62. The fourth-order valence-corrected chi connectivity index (χ4v) is 3.23. The molecule has 3 rings (SSSR count). The number of hydrogen-bond acceptors (Lipinski definition) is 2. The van der Waals surface area contributed by atoms with E-state index in [2.05, 4.69) is 28.2 Å². The van der Waals surface area contributed by atoms with E-state index in [9.17, 15) is 0 Å². The number of rotatable bonds is 4. The molecule has 2 aromatic rings. The van der Waals surface area contributed by atoms with Crippen LogP contribution >= 0.6 is 35.6 Å². The second-order valence-electron chi connectivity index (χ2n) is 6.25. The zero-order valence-corrected chi connectivity index (χ0v) is 17.4. The van der Waals surface area contributed by atoms with Crippen molar-refractivity contribution in [3.8, 4) is 0 Å². The Kier molecular flexibility index (Phi) is 7.38. The number of anilines is 2. The summed E-state index contributed by atoms with van der Waals surface area (Å²) in [5.41, 5.74) is 9.43. The largest absolute Gasteiger partial charge is 0.371 e. The van der Waals surface area contributed by atoms with Crippen molar-refractivity contribution in [2.75, 3.05) is 29.9 Å². The van der Waals surface area contributed by atoms with Crippen molar-refractivity contribution in [1.82, 2.24) is 0 Å². The van der Waals surface area contributed by atoms with E-state index < -0.39 is 0 Å². The average Bonchev–Trinajstić information content (AvgIpc) is 3.05. The van der Waals surface area contributed by atoms with Gasteiger partial charge in [0.05, 0.1) is 0 Å². The van der Waals surface area contributed by atoms with E-state index in [0.717, 1.165) is 36.8 Å². The predicted octanol–water partition coefficient (Wildman–Crippen LogP) is 4.52. The number of guanidine groups is 1. The zero-order chi connectivity index (χ0) is 16.9. The van der Waals surface area contributed by atoms with Gasteiger partial charge in [-0.1, -0.05) is 35.9 Å². The third-order valence-electron chi connectivity index (χ3n) is 4.36. The van der Waals surface area contributed by atoms with Gasteiger partial charge in [-0.3, -0.25) is 4.99 Å². The zero-order valence-electron chi connectivity index (χ0n) is 14.3. The topological polar surface area (TPSA) is 53.6 Å². The van der Waals surface area contributed by atoms with Gasteiger partial charge in [-0.05, 0) is 49.1 Å². The SMILES string of the molecule is Cc1ccc(Cl)cc1N1CCC(CN=C(N)Nc2ccccc2)C1.I. The summed E-state index contributed by atoms with van der Waals surface area (Å²) >= 11 is 6.14. The third-order valence-corrected chi connectivity index (χ3v) is 4.60. The Bertz CT molecular complexity index is 721. The van der Waals surface area contributed by atoms with Crippen LogP contribution in [-0.2, 0) is 0 Å². The number of aryl methyl sites for hydroxylation is 1. The first-order chi connectivity index (χ1) is 11.6. The van der Waals surface area contributed by atoms with Crippen LogP contribution in [0.1, 0.15) is 12.0 Å². The van der Waals surface area contributed by atoms with Gasteiger partial charge in [0.2, 0.25) is 0 Å². The quantitative estimate of drug-likeness (QED) is 0.392. The molecule has 4 nitrogen and oxygen atoms in total. The highest BCUT2D eigenvalue weighted by Crippen LogP contribution is 2.29. The number of nitrogens with zero attached hydrogens (tertiary/aromatic N) is 2. The number of nitrogens with one attached hydrogen (secondary N) is 1. The van der Waals surface area contributed by atoms with E-state index in [1.165, 1.54) is 11.3 Å². The maximum Gasteiger partial charge on any atom is 0.193 e. The second kappa shape index (κ2) is 9.29. The summed E-state index contributed by atoms with van der Waals surface area (Å²) in [4.78, 5) is 6.89. The number of benzene rings is 2. The normalized spacial score (nSPS) is 17.3. The molecule has 25 heavy (non-hydrogen) atoms. The highest BCUT2D eigenvalue weighted by Gasteiger charge is 2.23. The van der Waals surface area contributed by atoms with Gasteiger partial charge in [0.1, 0.15) is 0 Å². The fraction of sp³-hybridized carbons (Fsp3) is 0.316. The monoisotopic (exact) mass is 470 g/mol. The fourth-order valence-electron chi connectivity index (χ4n) is 3.06. The predicted molar refractivity (Wildman–Crippen MR) is 118 cm³/mol. The lowest BCUT2D eigenvalue weighted by molar-refractivity contribution is 0.603. The number of aliphatic imine (C=N–C) groups is 1. The molecule has 134 valence electrons. The van der Waals surface area contributed by atoms with Gasteiger partial charge >= 0.3 is 0 Å². The molecule has 0 amide bonds. The first kappa shape index (κ1) is 19.8. The lowest BCUT2D eigenvalue weighted by Crippen LogP contribution is -2.25. The summed E-state index contributed by atoms with van der Waals surface area (Å²) in [5, 5.41) is 3.91. The van der Waals surface area contributed by atoms with Crippen LogP contribution in [0.15, 0.2) is 53.5 Å². The summed E-state index contributed by atoms with van der Waals surface area (Å²) in [5.74, 6) is 0.984. The van der Waals surface area contributed by atoms with Crippen LogP contribution in [0.3, 0.4) is 0 Å². The highest BCUT2D eigenvalue weighted by atomic mass is 127. The van der Waals surface area contributed by atoms with Gasteiger partial charge in [-0.2, -0.15) is 0 Å². The van der Waals surface area contributed by atoms with Gasteiger partial charge in [-0.25, -0.2) is 0 Å². The molecule has 0 aliphatic carbocycles. The Morgan fingerprint density at radius 3 is 2.80 bits per heavy atom. The smallest absolute Gasteiger partial charge is 0.193 e. The summed E-state index contributed by atoms with van der Waals surface area (Å²) in [6.45, 7) is 4.89. The second-order valence-corrected chi connectivity index (χ2v) is 6.68. The van der Waals surface area contributed by atoms with Crippen LogP contribution in [-0.4, -0.2) is 25.6 Å². The molecule has 3 N–H and O–H groups in total. The van der Waals surface area contributed by atoms with Gasteiger partial charge in [0, 0.05) is 36.0 Å². The van der Waals surface area contributed by atoms with E-state index in [1.54, 1.807) is 0 Å². The highest BCUT2D eigenvalue weighted by molar-refractivity contribution is 14.0. The Hall–Kier alpha value is -1.47. The Balaban J connectivity index is 0.00000225. The van der Waals surface area contributed by atoms with Crippen molar-refractivity contribution in [2.45, 2.75) is 13.3 Å². The first-order valence-electron chi connectivity index (χ1n) is 8.25. The Labute approximate surface area is 171 Å². The molecule has 0 saturated carbocycles. The molecule has 0 aromatic heterocycles. The molecule has 1 aliphatic rings. The molecule has 2 aromatic carbocycles. The maximum atomic E-state index is 6.14. The number of nitrogens with two attached hydrogens (primary N) is 1. The number of halogens is 2. The Morgan fingerprint density at radius 1 is 1.28 bits per heavy atom. The number of hydrogen-bond donors (Lipinski definition) is 2. The lowest BCUT2D eigenvalue weighted by atomic mass is 10.1. The lowest BCUT2D eigenvalue weighted by Gasteiger charge is -2.21. The van der Waals surface area contributed by atoms with Crippen LogP contribution in [0.25, 0.3) is 0 Å². The third kappa shape index (κ3) is 5.51. The van der Waals surface area contributed by atoms with Crippen LogP contribution in [0.2, 0.25) is 5.02 Å².